The Morgan fingerprint density at radius 1 is 1.65 bits per heavy atom. The van der Waals surface area contributed by atoms with Crippen LogP contribution in [0.25, 0.3) is 0 Å². The first-order valence-corrected chi connectivity index (χ1v) is 5.56. The van der Waals surface area contributed by atoms with Gasteiger partial charge in [0.1, 0.15) is 6.33 Å². The minimum Gasteiger partial charge on any atom is -0.376 e. The van der Waals surface area contributed by atoms with E-state index in [0.717, 1.165) is 19.4 Å². The zero-order valence-corrected chi connectivity index (χ0v) is 9.68. The zero-order valence-electron chi connectivity index (χ0n) is 8.93. The quantitative estimate of drug-likeness (QED) is 0.501. The van der Waals surface area contributed by atoms with Gasteiger partial charge in [0.15, 0.2) is 0 Å². The molecule has 1 aromatic heterocycles. The van der Waals surface area contributed by atoms with E-state index in [1.54, 1.807) is 0 Å². The number of anilines is 1. The summed E-state index contributed by atoms with van der Waals surface area (Å²) in [5.74, 6) is 0.130. The van der Waals surface area contributed by atoms with Crippen molar-refractivity contribution in [1.82, 2.24) is 9.97 Å². The second-order valence-corrected chi connectivity index (χ2v) is 3.99. The van der Waals surface area contributed by atoms with Crippen LogP contribution in [-0.2, 0) is 4.74 Å². The molecule has 0 spiro atoms. The van der Waals surface area contributed by atoms with Crippen LogP contribution in [-0.4, -0.2) is 34.1 Å². The summed E-state index contributed by atoms with van der Waals surface area (Å²) in [6, 6.07) is 0. The summed E-state index contributed by atoms with van der Waals surface area (Å²) in [6.07, 6.45) is 3.22. The highest BCUT2D eigenvalue weighted by molar-refractivity contribution is 6.31. The molecule has 1 N–H and O–H groups in total. The van der Waals surface area contributed by atoms with E-state index in [0.29, 0.717) is 6.54 Å². The number of rotatable bonds is 4. The number of nitro groups is 1. The normalized spacial score (nSPS) is 19.2. The van der Waals surface area contributed by atoms with Crippen molar-refractivity contribution in [3.63, 3.8) is 0 Å². The largest absolute Gasteiger partial charge is 0.376 e. The maximum absolute atomic E-state index is 10.8. The molecule has 1 aromatic rings. The van der Waals surface area contributed by atoms with Crippen LogP contribution < -0.4 is 5.32 Å². The molecule has 2 rings (SSSR count). The number of nitrogens with zero attached hydrogens (tertiary/aromatic N) is 3. The highest BCUT2D eigenvalue weighted by Gasteiger charge is 2.23. The molecule has 0 aromatic carbocycles. The van der Waals surface area contributed by atoms with E-state index in [-0.39, 0.29) is 22.8 Å². The van der Waals surface area contributed by atoms with Gasteiger partial charge in [-0.3, -0.25) is 10.1 Å². The zero-order chi connectivity index (χ0) is 12.3. The summed E-state index contributed by atoms with van der Waals surface area (Å²) in [7, 11) is 0. The van der Waals surface area contributed by atoms with Crippen molar-refractivity contribution < 1.29 is 9.66 Å². The maximum Gasteiger partial charge on any atom is 0.348 e. The Hall–Kier alpha value is -1.47. The Kier molecular flexibility index (Phi) is 3.70. The number of ether oxygens (including phenoxy) is 1. The third-order valence-electron chi connectivity index (χ3n) is 2.48. The van der Waals surface area contributed by atoms with Gasteiger partial charge in [-0.1, -0.05) is 11.6 Å². The van der Waals surface area contributed by atoms with Gasteiger partial charge >= 0.3 is 5.69 Å². The predicted molar refractivity (Wildman–Crippen MR) is 61.2 cm³/mol. The van der Waals surface area contributed by atoms with Gasteiger partial charge in [-0.25, -0.2) is 9.97 Å². The lowest BCUT2D eigenvalue weighted by Gasteiger charge is -2.11. The maximum atomic E-state index is 10.8. The molecule has 0 bridgehead atoms. The molecule has 92 valence electrons. The van der Waals surface area contributed by atoms with E-state index in [1.807, 2.05) is 0 Å². The fraction of sp³-hybridized carbons (Fsp3) is 0.556. The van der Waals surface area contributed by atoms with Gasteiger partial charge in [0, 0.05) is 13.2 Å². The van der Waals surface area contributed by atoms with Gasteiger partial charge in [0.25, 0.3) is 0 Å². The van der Waals surface area contributed by atoms with E-state index >= 15 is 0 Å². The van der Waals surface area contributed by atoms with Gasteiger partial charge in [0.05, 0.1) is 11.0 Å². The highest BCUT2D eigenvalue weighted by atomic mass is 35.5. The lowest BCUT2D eigenvalue weighted by molar-refractivity contribution is -0.384. The third kappa shape index (κ3) is 2.80. The number of halogens is 1. The number of hydrogen-bond acceptors (Lipinski definition) is 6. The SMILES string of the molecule is O=[N+]([O-])c1c(Cl)ncnc1NC[C@@H]1CCCO1. The Bertz CT molecular complexity index is 423. The Morgan fingerprint density at radius 2 is 2.47 bits per heavy atom. The Morgan fingerprint density at radius 3 is 3.12 bits per heavy atom. The summed E-state index contributed by atoms with van der Waals surface area (Å²) in [5, 5.41) is 13.5. The Labute approximate surface area is 102 Å². The van der Waals surface area contributed by atoms with Crippen molar-refractivity contribution in [1.29, 1.82) is 0 Å². The molecule has 8 heteroatoms. The molecule has 1 atom stereocenters. The molecule has 0 amide bonds. The summed E-state index contributed by atoms with van der Waals surface area (Å²) < 4.78 is 5.40. The average molecular weight is 259 g/mol. The van der Waals surface area contributed by atoms with Crippen LogP contribution in [0.3, 0.4) is 0 Å². The van der Waals surface area contributed by atoms with E-state index in [2.05, 4.69) is 15.3 Å². The van der Waals surface area contributed by atoms with Crippen LogP contribution in [0.4, 0.5) is 11.5 Å². The second kappa shape index (κ2) is 5.24. The topological polar surface area (TPSA) is 90.2 Å². The highest BCUT2D eigenvalue weighted by Crippen LogP contribution is 2.28. The fourth-order valence-electron chi connectivity index (χ4n) is 1.66. The van der Waals surface area contributed by atoms with Crippen LogP contribution in [0.15, 0.2) is 6.33 Å². The molecule has 0 saturated carbocycles. The minimum absolute atomic E-state index is 0.0725. The Balaban J connectivity index is 2.09. The molecule has 1 fully saturated rings. The molecule has 1 aliphatic heterocycles. The van der Waals surface area contributed by atoms with Gasteiger partial charge < -0.3 is 10.1 Å². The molecule has 0 unspecified atom stereocenters. The number of nitrogens with one attached hydrogen (secondary N) is 1. The van der Waals surface area contributed by atoms with Crippen LogP contribution in [0.5, 0.6) is 0 Å². The van der Waals surface area contributed by atoms with E-state index in [9.17, 15) is 10.1 Å². The first kappa shape index (κ1) is 12.0. The molecular formula is C9H11ClN4O3. The van der Waals surface area contributed by atoms with E-state index in [1.165, 1.54) is 6.33 Å². The molecule has 0 aliphatic carbocycles. The summed E-state index contributed by atoms with van der Waals surface area (Å²) in [6.45, 7) is 1.22. The van der Waals surface area contributed by atoms with Gasteiger partial charge in [-0.15, -0.1) is 0 Å². The number of aromatic nitrogens is 2. The van der Waals surface area contributed by atoms with Crippen molar-refractivity contribution in [3.05, 3.63) is 21.6 Å². The van der Waals surface area contributed by atoms with Gasteiger partial charge in [-0.05, 0) is 12.8 Å². The third-order valence-corrected chi connectivity index (χ3v) is 2.76. The molecule has 0 radical (unpaired) electrons. The summed E-state index contributed by atoms with van der Waals surface area (Å²) >= 11 is 5.66. The fourth-order valence-corrected chi connectivity index (χ4v) is 1.87. The van der Waals surface area contributed by atoms with Crippen molar-refractivity contribution in [3.8, 4) is 0 Å². The van der Waals surface area contributed by atoms with E-state index < -0.39 is 4.92 Å². The lowest BCUT2D eigenvalue weighted by atomic mass is 10.2. The van der Waals surface area contributed by atoms with Crippen LogP contribution in [0.1, 0.15) is 12.8 Å². The van der Waals surface area contributed by atoms with Gasteiger partial charge in [0.2, 0.25) is 11.0 Å². The van der Waals surface area contributed by atoms with Crippen molar-refractivity contribution in [2.75, 3.05) is 18.5 Å². The molecule has 1 aliphatic rings. The monoisotopic (exact) mass is 258 g/mol. The standard InChI is InChI=1S/C9H11ClN4O3/c10-8-7(14(15)16)9(13-5-12-8)11-4-6-2-1-3-17-6/h5-6H,1-4H2,(H,11,12,13)/t6-/m0/s1. The molecular weight excluding hydrogens is 248 g/mol. The smallest absolute Gasteiger partial charge is 0.348 e. The molecule has 17 heavy (non-hydrogen) atoms. The lowest BCUT2D eigenvalue weighted by Crippen LogP contribution is -2.19. The van der Waals surface area contributed by atoms with Crippen molar-refractivity contribution in [2.24, 2.45) is 0 Å². The van der Waals surface area contributed by atoms with E-state index in [4.69, 9.17) is 16.3 Å². The van der Waals surface area contributed by atoms with Crippen LogP contribution in [0.2, 0.25) is 5.15 Å². The van der Waals surface area contributed by atoms with Gasteiger partial charge in [-0.2, -0.15) is 0 Å². The summed E-state index contributed by atoms with van der Waals surface area (Å²) in [5.41, 5.74) is -0.299. The van der Waals surface area contributed by atoms with Crippen LogP contribution in [0, 0.1) is 10.1 Å². The van der Waals surface area contributed by atoms with Crippen LogP contribution >= 0.6 is 11.6 Å². The molecule has 1 saturated heterocycles. The van der Waals surface area contributed by atoms with Crippen molar-refractivity contribution in [2.45, 2.75) is 18.9 Å². The van der Waals surface area contributed by atoms with Crippen molar-refractivity contribution >= 4 is 23.1 Å². The minimum atomic E-state index is -0.597. The summed E-state index contributed by atoms with van der Waals surface area (Å²) in [4.78, 5) is 17.6. The molecule has 2 heterocycles. The molecule has 7 nitrogen and oxygen atoms in total. The second-order valence-electron chi connectivity index (χ2n) is 3.63. The first-order chi connectivity index (χ1) is 8.18. The predicted octanol–water partition coefficient (Wildman–Crippen LogP) is 1.63. The number of hydrogen-bond donors (Lipinski definition) is 1. The first-order valence-electron chi connectivity index (χ1n) is 5.19. The average Bonchev–Trinajstić information content (AvgIpc) is 2.78.